The molecule has 0 atom stereocenters. The minimum atomic E-state index is 1.02. The molecule has 4 rings (SSSR count). The Morgan fingerprint density at radius 2 is 0.962 bits per heavy atom. The Bertz CT molecular complexity index is 872. The van der Waals surface area contributed by atoms with Crippen molar-refractivity contribution in [1.29, 1.82) is 0 Å². The Labute approximate surface area is 156 Å². The standard InChI is InChI=1S/C23H17N.C2H6/c1-4-10-18(11-5-1)21-16-17-24-23(20-14-8-3-9-15-20)22(21)19-12-6-2-7-13-19;1-2/h1-17H;1-2H3. The molecule has 4 aromatic rings. The van der Waals surface area contributed by atoms with Gasteiger partial charge in [0.2, 0.25) is 0 Å². The molecule has 1 nitrogen and oxygen atoms in total. The summed E-state index contributed by atoms with van der Waals surface area (Å²) < 4.78 is 0. The third-order valence-corrected chi connectivity index (χ3v) is 4.15. The predicted molar refractivity (Wildman–Crippen MR) is 112 cm³/mol. The fraction of sp³-hybridized carbons (Fsp3) is 0.0800. The van der Waals surface area contributed by atoms with Gasteiger partial charge in [0.25, 0.3) is 0 Å². The zero-order valence-corrected chi connectivity index (χ0v) is 15.3. The minimum Gasteiger partial charge on any atom is -0.256 e. The fourth-order valence-electron chi connectivity index (χ4n) is 3.03. The van der Waals surface area contributed by atoms with E-state index in [1.165, 1.54) is 22.3 Å². The second-order valence-corrected chi connectivity index (χ2v) is 5.68. The average Bonchev–Trinajstić information content (AvgIpc) is 2.76. The van der Waals surface area contributed by atoms with Crippen LogP contribution in [0.2, 0.25) is 0 Å². The summed E-state index contributed by atoms with van der Waals surface area (Å²) in [6.07, 6.45) is 1.90. The summed E-state index contributed by atoms with van der Waals surface area (Å²) in [4.78, 5) is 4.71. The molecular formula is C25H23N. The number of hydrogen-bond donors (Lipinski definition) is 0. The molecule has 0 fully saturated rings. The highest BCUT2D eigenvalue weighted by Crippen LogP contribution is 2.38. The van der Waals surface area contributed by atoms with E-state index in [1.54, 1.807) is 0 Å². The van der Waals surface area contributed by atoms with Gasteiger partial charge in [0.15, 0.2) is 0 Å². The van der Waals surface area contributed by atoms with E-state index in [4.69, 9.17) is 4.98 Å². The molecule has 1 aromatic heterocycles. The number of hydrogen-bond acceptors (Lipinski definition) is 1. The second kappa shape index (κ2) is 8.77. The number of aromatic nitrogens is 1. The van der Waals surface area contributed by atoms with Gasteiger partial charge in [0, 0.05) is 17.3 Å². The minimum absolute atomic E-state index is 1.02. The Morgan fingerprint density at radius 3 is 1.50 bits per heavy atom. The van der Waals surface area contributed by atoms with E-state index in [9.17, 15) is 0 Å². The Balaban J connectivity index is 0.000000948. The number of nitrogens with zero attached hydrogens (tertiary/aromatic N) is 1. The first-order valence-corrected chi connectivity index (χ1v) is 9.09. The van der Waals surface area contributed by atoms with Gasteiger partial charge in [0.05, 0.1) is 5.69 Å². The summed E-state index contributed by atoms with van der Waals surface area (Å²) in [5.41, 5.74) is 6.92. The largest absolute Gasteiger partial charge is 0.256 e. The molecule has 128 valence electrons. The van der Waals surface area contributed by atoms with Crippen LogP contribution in [0, 0.1) is 0 Å². The molecule has 3 aromatic carbocycles. The van der Waals surface area contributed by atoms with Crippen LogP contribution in [0.25, 0.3) is 33.5 Å². The second-order valence-electron chi connectivity index (χ2n) is 5.68. The monoisotopic (exact) mass is 337 g/mol. The van der Waals surface area contributed by atoms with E-state index in [0.717, 1.165) is 11.3 Å². The van der Waals surface area contributed by atoms with Crippen molar-refractivity contribution < 1.29 is 0 Å². The number of rotatable bonds is 3. The van der Waals surface area contributed by atoms with Gasteiger partial charge >= 0.3 is 0 Å². The van der Waals surface area contributed by atoms with Gasteiger partial charge in [0.1, 0.15) is 0 Å². The zero-order chi connectivity index (χ0) is 18.2. The van der Waals surface area contributed by atoms with Crippen LogP contribution >= 0.6 is 0 Å². The van der Waals surface area contributed by atoms with Crippen molar-refractivity contribution in [2.24, 2.45) is 0 Å². The molecule has 0 saturated carbocycles. The van der Waals surface area contributed by atoms with Crippen LogP contribution in [-0.2, 0) is 0 Å². The van der Waals surface area contributed by atoms with Gasteiger partial charge < -0.3 is 0 Å². The lowest BCUT2D eigenvalue weighted by atomic mass is 9.91. The van der Waals surface area contributed by atoms with Crippen LogP contribution in [0.15, 0.2) is 103 Å². The van der Waals surface area contributed by atoms with Gasteiger partial charge in [-0.15, -0.1) is 0 Å². The lowest BCUT2D eigenvalue weighted by Crippen LogP contribution is -1.93. The molecule has 26 heavy (non-hydrogen) atoms. The summed E-state index contributed by atoms with van der Waals surface area (Å²) in [5.74, 6) is 0. The number of pyridine rings is 1. The first kappa shape index (κ1) is 17.6. The van der Waals surface area contributed by atoms with Crippen molar-refractivity contribution in [2.75, 3.05) is 0 Å². The number of benzene rings is 3. The van der Waals surface area contributed by atoms with E-state index >= 15 is 0 Å². The SMILES string of the molecule is CC.c1ccc(-c2ccnc(-c3ccccc3)c2-c2ccccc2)cc1. The summed E-state index contributed by atoms with van der Waals surface area (Å²) in [5, 5.41) is 0. The van der Waals surface area contributed by atoms with Crippen LogP contribution < -0.4 is 0 Å². The van der Waals surface area contributed by atoms with Gasteiger partial charge in [-0.3, -0.25) is 4.98 Å². The van der Waals surface area contributed by atoms with Gasteiger partial charge in [-0.1, -0.05) is 105 Å². The molecule has 0 aliphatic rings. The van der Waals surface area contributed by atoms with Crippen molar-refractivity contribution in [3.63, 3.8) is 0 Å². The molecular weight excluding hydrogens is 314 g/mol. The molecule has 0 aliphatic carbocycles. The first-order valence-electron chi connectivity index (χ1n) is 9.09. The molecule has 1 heteroatoms. The predicted octanol–water partition coefficient (Wildman–Crippen LogP) is 7.11. The zero-order valence-electron chi connectivity index (χ0n) is 15.3. The van der Waals surface area contributed by atoms with E-state index < -0.39 is 0 Å². The smallest absolute Gasteiger partial charge is 0.0786 e. The van der Waals surface area contributed by atoms with Crippen LogP contribution in [0.1, 0.15) is 13.8 Å². The molecule has 0 spiro atoms. The van der Waals surface area contributed by atoms with Crippen LogP contribution in [0.4, 0.5) is 0 Å². The summed E-state index contributed by atoms with van der Waals surface area (Å²) in [6.45, 7) is 4.00. The third kappa shape index (κ3) is 3.73. The Morgan fingerprint density at radius 1 is 0.500 bits per heavy atom. The van der Waals surface area contributed by atoms with Crippen LogP contribution in [0.5, 0.6) is 0 Å². The molecule has 1 heterocycles. The lowest BCUT2D eigenvalue weighted by Gasteiger charge is -2.15. The van der Waals surface area contributed by atoms with Gasteiger partial charge in [-0.2, -0.15) is 0 Å². The van der Waals surface area contributed by atoms with E-state index in [-0.39, 0.29) is 0 Å². The van der Waals surface area contributed by atoms with E-state index in [0.29, 0.717) is 0 Å². The summed E-state index contributed by atoms with van der Waals surface area (Å²) in [7, 11) is 0. The highest BCUT2D eigenvalue weighted by molar-refractivity contribution is 5.92. The van der Waals surface area contributed by atoms with Crippen molar-refractivity contribution in [1.82, 2.24) is 4.98 Å². The van der Waals surface area contributed by atoms with Crippen LogP contribution in [-0.4, -0.2) is 4.98 Å². The van der Waals surface area contributed by atoms with Gasteiger partial charge in [-0.05, 0) is 22.8 Å². The maximum atomic E-state index is 4.71. The molecule has 0 saturated heterocycles. The van der Waals surface area contributed by atoms with E-state index in [2.05, 4.69) is 78.9 Å². The highest BCUT2D eigenvalue weighted by atomic mass is 14.7. The van der Waals surface area contributed by atoms with Crippen molar-refractivity contribution in [3.05, 3.63) is 103 Å². The maximum absolute atomic E-state index is 4.71. The van der Waals surface area contributed by atoms with Crippen molar-refractivity contribution >= 4 is 0 Å². The van der Waals surface area contributed by atoms with Crippen molar-refractivity contribution in [2.45, 2.75) is 13.8 Å². The van der Waals surface area contributed by atoms with Gasteiger partial charge in [-0.25, -0.2) is 0 Å². The average molecular weight is 337 g/mol. The first-order chi connectivity index (χ1) is 12.9. The topological polar surface area (TPSA) is 12.9 Å². The molecule has 0 unspecified atom stereocenters. The van der Waals surface area contributed by atoms with Crippen molar-refractivity contribution in [3.8, 4) is 33.5 Å². The molecule has 0 N–H and O–H groups in total. The summed E-state index contributed by atoms with van der Waals surface area (Å²) >= 11 is 0. The molecule has 0 radical (unpaired) electrons. The van der Waals surface area contributed by atoms with E-state index in [1.807, 2.05) is 38.2 Å². The van der Waals surface area contributed by atoms with Crippen LogP contribution in [0.3, 0.4) is 0 Å². The Kier molecular flexibility index (Phi) is 5.95. The highest BCUT2D eigenvalue weighted by Gasteiger charge is 2.14. The fourth-order valence-corrected chi connectivity index (χ4v) is 3.03. The summed E-state index contributed by atoms with van der Waals surface area (Å²) in [6, 6.07) is 33.5. The maximum Gasteiger partial charge on any atom is 0.0786 e. The Hall–Kier alpha value is -3.19. The third-order valence-electron chi connectivity index (χ3n) is 4.15. The molecule has 0 aliphatic heterocycles. The lowest BCUT2D eigenvalue weighted by molar-refractivity contribution is 1.32. The molecule has 0 bridgehead atoms. The normalized spacial score (nSPS) is 9.92. The quantitative estimate of drug-likeness (QED) is 0.388. The molecule has 0 amide bonds.